The number of hydrogen-bond donors (Lipinski definition) is 1. The Morgan fingerprint density at radius 2 is 2.44 bits per heavy atom. The number of aryl methyl sites for hydroxylation is 1. The second-order valence-corrected chi connectivity index (χ2v) is 5.52. The number of thioether (sulfide) groups is 1. The molecule has 92 valence electrons. The van der Waals surface area contributed by atoms with E-state index < -0.39 is 0 Å². The lowest BCUT2D eigenvalue weighted by molar-refractivity contribution is 0.787. The van der Waals surface area contributed by atoms with Crippen molar-refractivity contribution in [3.63, 3.8) is 0 Å². The van der Waals surface area contributed by atoms with E-state index in [1.54, 1.807) is 6.33 Å². The zero-order valence-electron chi connectivity index (χ0n) is 9.45. The molecule has 0 spiro atoms. The van der Waals surface area contributed by atoms with Gasteiger partial charge in [0.2, 0.25) is 0 Å². The molecule has 0 fully saturated rings. The van der Waals surface area contributed by atoms with E-state index in [4.69, 9.17) is 0 Å². The Hall–Kier alpha value is -1.67. The number of hydrogen-bond acceptors (Lipinski definition) is 6. The normalized spacial score (nSPS) is 11.2. The summed E-state index contributed by atoms with van der Waals surface area (Å²) in [6, 6.07) is 1.85. The summed E-state index contributed by atoms with van der Waals surface area (Å²) in [4.78, 5) is 18.9. The van der Waals surface area contributed by atoms with Gasteiger partial charge < -0.3 is 9.55 Å². The predicted octanol–water partition coefficient (Wildman–Crippen LogP) is 1.41. The molecule has 0 saturated carbocycles. The van der Waals surface area contributed by atoms with Gasteiger partial charge in [-0.05, 0) is 11.4 Å². The molecule has 0 saturated heterocycles. The molecule has 0 amide bonds. The van der Waals surface area contributed by atoms with Crippen LogP contribution in [0, 0.1) is 0 Å². The average molecular weight is 279 g/mol. The molecule has 0 aliphatic carbocycles. The van der Waals surface area contributed by atoms with Gasteiger partial charge in [-0.3, -0.25) is 4.79 Å². The molecule has 3 aromatic rings. The first-order valence-corrected chi connectivity index (χ1v) is 7.04. The van der Waals surface area contributed by atoms with Crippen molar-refractivity contribution in [1.29, 1.82) is 0 Å². The van der Waals surface area contributed by atoms with Crippen LogP contribution < -0.4 is 5.56 Å². The van der Waals surface area contributed by atoms with E-state index in [1.165, 1.54) is 23.1 Å². The van der Waals surface area contributed by atoms with Crippen molar-refractivity contribution in [3.8, 4) is 0 Å². The SMILES string of the molecule is Cn1cnnc1SCc1nc2ccsc2c(=O)[nH]1. The Balaban J connectivity index is 1.87. The van der Waals surface area contributed by atoms with Crippen LogP contribution in [0.25, 0.3) is 10.2 Å². The summed E-state index contributed by atoms with van der Waals surface area (Å²) < 4.78 is 2.49. The lowest BCUT2D eigenvalue weighted by atomic mass is 10.4. The monoisotopic (exact) mass is 279 g/mol. The number of nitrogens with zero attached hydrogens (tertiary/aromatic N) is 4. The standard InChI is InChI=1S/C10H9N5OS2/c1-15-5-11-14-10(15)18-4-7-12-6-2-3-17-8(6)9(16)13-7/h2-3,5H,4H2,1H3,(H,12,13,16). The largest absolute Gasteiger partial charge is 0.312 e. The van der Waals surface area contributed by atoms with Crippen LogP contribution in [0.15, 0.2) is 27.7 Å². The molecule has 0 atom stereocenters. The van der Waals surface area contributed by atoms with Crippen molar-refractivity contribution in [2.45, 2.75) is 10.9 Å². The molecular weight excluding hydrogens is 270 g/mol. The lowest BCUT2D eigenvalue weighted by Gasteiger charge is -2.00. The molecule has 0 aliphatic heterocycles. The van der Waals surface area contributed by atoms with Gasteiger partial charge in [0.1, 0.15) is 16.9 Å². The Morgan fingerprint density at radius 1 is 1.56 bits per heavy atom. The fourth-order valence-corrected chi connectivity index (χ4v) is 3.01. The molecule has 0 unspecified atom stereocenters. The third-order valence-corrected chi connectivity index (χ3v) is 4.32. The van der Waals surface area contributed by atoms with Crippen molar-refractivity contribution in [2.24, 2.45) is 7.05 Å². The average Bonchev–Trinajstić information content (AvgIpc) is 2.95. The first-order chi connectivity index (χ1) is 8.74. The van der Waals surface area contributed by atoms with Crippen LogP contribution in [0.1, 0.15) is 5.82 Å². The molecular formula is C10H9N5OS2. The van der Waals surface area contributed by atoms with Crippen molar-refractivity contribution >= 4 is 33.3 Å². The number of rotatable bonds is 3. The summed E-state index contributed by atoms with van der Waals surface area (Å²) in [5.41, 5.74) is 0.667. The molecule has 0 bridgehead atoms. The zero-order chi connectivity index (χ0) is 12.5. The highest BCUT2D eigenvalue weighted by atomic mass is 32.2. The fraction of sp³-hybridized carbons (Fsp3) is 0.200. The molecule has 8 heteroatoms. The van der Waals surface area contributed by atoms with E-state index in [0.29, 0.717) is 16.3 Å². The molecule has 3 aromatic heterocycles. The maximum atomic E-state index is 11.8. The smallest absolute Gasteiger partial charge is 0.268 e. The van der Waals surface area contributed by atoms with Crippen LogP contribution >= 0.6 is 23.1 Å². The predicted molar refractivity (Wildman–Crippen MR) is 70.8 cm³/mol. The minimum atomic E-state index is -0.0800. The van der Waals surface area contributed by atoms with Gasteiger partial charge in [0.15, 0.2) is 5.16 Å². The first-order valence-electron chi connectivity index (χ1n) is 5.17. The highest BCUT2D eigenvalue weighted by Crippen LogP contribution is 2.19. The molecule has 6 nitrogen and oxygen atoms in total. The topological polar surface area (TPSA) is 76.5 Å². The molecule has 3 heterocycles. The molecule has 3 rings (SSSR count). The Bertz CT molecular complexity index is 744. The van der Waals surface area contributed by atoms with Gasteiger partial charge in [-0.2, -0.15) is 0 Å². The summed E-state index contributed by atoms with van der Waals surface area (Å²) >= 11 is 2.89. The molecule has 0 aliphatic rings. The van der Waals surface area contributed by atoms with Crippen molar-refractivity contribution in [1.82, 2.24) is 24.7 Å². The van der Waals surface area contributed by atoms with Crippen LogP contribution in [0.4, 0.5) is 0 Å². The second-order valence-electron chi connectivity index (χ2n) is 3.66. The summed E-state index contributed by atoms with van der Waals surface area (Å²) in [6.45, 7) is 0. The van der Waals surface area contributed by atoms with Gasteiger partial charge in [0, 0.05) is 7.05 Å². The molecule has 18 heavy (non-hydrogen) atoms. The number of H-pyrrole nitrogens is 1. The van der Waals surface area contributed by atoms with E-state index in [1.807, 2.05) is 23.1 Å². The van der Waals surface area contributed by atoms with Crippen LogP contribution in [0.5, 0.6) is 0 Å². The van der Waals surface area contributed by atoms with Crippen molar-refractivity contribution in [3.05, 3.63) is 34.0 Å². The van der Waals surface area contributed by atoms with Gasteiger partial charge >= 0.3 is 0 Å². The van der Waals surface area contributed by atoms with E-state index in [2.05, 4.69) is 20.2 Å². The maximum absolute atomic E-state index is 11.8. The molecule has 1 N–H and O–H groups in total. The number of thiophene rings is 1. The van der Waals surface area contributed by atoms with Crippen molar-refractivity contribution in [2.75, 3.05) is 0 Å². The van der Waals surface area contributed by atoms with Gasteiger partial charge in [-0.25, -0.2) is 4.98 Å². The molecule has 0 aromatic carbocycles. The highest BCUT2D eigenvalue weighted by molar-refractivity contribution is 7.98. The Labute approximate surface area is 110 Å². The number of aromatic amines is 1. The van der Waals surface area contributed by atoms with Crippen molar-refractivity contribution < 1.29 is 0 Å². The van der Waals surface area contributed by atoms with Gasteiger partial charge in [0.05, 0.1) is 11.3 Å². The number of fused-ring (bicyclic) bond motifs is 1. The molecule has 0 radical (unpaired) electrons. The van der Waals surface area contributed by atoms with E-state index in [0.717, 1.165) is 10.7 Å². The summed E-state index contributed by atoms with van der Waals surface area (Å²) in [5, 5.41) is 10.4. The summed E-state index contributed by atoms with van der Waals surface area (Å²) in [5.74, 6) is 1.21. The Morgan fingerprint density at radius 3 is 3.22 bits per heavy atom. The number of nitrogens with one attached hydrogen (secondary N) is 1. The van der Waals surface area contributed by atoms with Crippen LogP contribution in [-0.2, 0) is 12.8 Å². The third-order valence-electron chi connectivity index (χ3n) is 2.37. The maximum Gasteiger partial charge on any atom is 0.268 e. The third kappa shape index (κ3) is 2.04. The van der Waals surface area contributed by atoms with E-state index in [9.17, 15) is 4.79 Å². The second kappa shape index (κ2) is 4.54. The zero-order valence-corrected chi connectivity index (χ0v) is 11.1. The lowest BCUT2D eigenvalue weighted by Crippen LogP contribution is -2.09. The minimum absolute atomic E-state index is 0.0800. The van der Waals surface area contributed by atoms with Gasteiger partial charge in [-0.1, -0.05) is 11.8 Å². The van der Waals surface area contributed by atoms with Gasteiger partial charge in [-0.15, -0.1) is 21.5 Å². The van der Waals surface area contributed by atoms with Crippen LogP contribution in [0.2, 0.25) is 0 Å². The van der Waals surface area contributed by atoms with Crippen LogP contribution in [-0.4, -0.2) is 24.7 Å². The summed E-state index contributed by atoms with van der Waals surface area (Å²) in [6.07, 6.45) is 1.64. The van der Waals surface area contributed by atoms with Crippen LogP contribution in [0.3, 0.4) is 0 Å². The fourth-order valence-electron chi connectivity index (χ4n) is 1.53. The first kappa shape index (κ1) is 11.4. The highest BCUT2D eigenvalue weighted by Gasteiger charge is 2.07. The summed E-state index contributed by atoms with van der Waals surface area (Å²) in [7, 11) is 1.88. The van der Waals surface area contributed by atoms with E-state index in [-0.39, 0.29) is 5.56 Å². The van der Waals surface area contributed by atoms with E-state index >= 15 is 0 Å². The van der Waals surface area contributed by atoms with Gasteiger partial charge in [0.25, 0.3) is 5.56 Å². The minimum Gasteiger partial charge on any atom is -0.312 e. The quantitative estimate of drug-likeness (QED) is 0.733. The number of aromatic nitrogens is 5. The Kier molecular flexibility index (Phi) is 2.88.